The summed E-state index contributed by atoms with van der Waals surface area (Å²) in [6, 6.07) is 3.98. The van der Waals surface area contributed by atoms with Crippen molar-refractivity contribution in [3.05, 3.63) is 22.4 Å². The van der Waals surface area contributed by atoms with Gasteiger partial charge < -0.3 is 10.0 Å². The van der Waals surface area contributed by atoms with E-state index in [1.165, 1.54) is 0 Å². The Morgan fingerprint density at radius 1 is 1.50 bits per heavy atom. The Bertz CT molecular complexity index is 475. The molecule has 0 saturated carbocycles. The van der Waals surface area contributed by atoms with E-state index in [4.69, 9.17) is 5.11 Å². The van der Waals surface area contributed by atoms with Crippen molar-refractivity contribution < 1.29 is 14.7 Å². The predicted molar refractivity (Wildman–Crippen MR) is 77.5 cm³/mol. The number of carboxylic acids is 1. The van der Waals surface area contributed by atoms with E-state index in [2.05, 4.69) is 0 Å². The first kappa shape index (κ1) is 15.0. The topological polar surface area (TPSA) is 60.9 Å². The largest absolute Gasteiger partial charge is 0.481 e. The Morgan fingerprint density at radius 2 is 2.25 bits per heavy atom. The van der Waals surface area contributed by atoms with Crippen molar-refractivity contribution in [1.29, 1.82) is 0 Å². The first-order valence-corrected chi connectivity index (χ1v) is 7.57. The van der Waals surface area contributed by atoms with E-state index in [0.717, 1.165) is 4.88 Å². The van der Waals surface area contributed by atoms with Crippen LogP contribution in [0, 0.1) is 11.8 Å². The minimum Gasteiger partial charge on any atom is -0.481 e. The van der Waals surface area contributed by atoms with Crippen LogP contribution in [-0.2, 0) is 16.1 Å². The van der Waals surface area contributed by atoms with Crippen molar-refractivity contribution in [2.24, 2.45) is 11.8 Å². The Balaban J connectivity index is 1.84. The van der Waals surface area contributed by atoms with Gasteiger partial charge in [-0.2, -0.15) is 0 Å². The SMILES string of the molecule is CC1CN(CC(=O)N(C)Cc2cccs2)CC1C(=O)O. The molecule has 2 unspecified atom stereocenters. The van der Waals surface area contributed by atoms with Crippen molar-refractivity contribution in [2.75, 3.05) is 26.7 Å². The third-order valence-corrected chi connectivity index (χ3v) is 4.62. The highest BCUT2D eigenvalue weighted by molar-refractivity contribution is 7.09. The van der Waals surface area contributed by atoms with Crippen molar-refractivity contribution in [1.82, 2.24) is 9.80 Å². The van der Waals surface area contributed by atoms with Gasteiger partial charge >= 0.3 is 5.97 Å². The van der Waals surface area contributed by atoms with Crippen LogP contribution in [0.25, 0.3) is 0 Å². The molecule has 1 aliphatic heterocycles. The molecule has 1 aliphatic rings. The minimum atomic E-state index is -0.764. The van der Waals surface area contributed by atoms with E-state index in [1.54, 1.807) is 23.3 Å². The zero-order valence-corrected chi connectivity index (χ0v) is 12.6. The summed E-state index contributed by atoms with van der Waals surface area (Å²) in [5, 5.41) is 11.1. The summed E-state index contributed by atoms with van der Waals surface area (Å²) in [6.07, 6.45) is 0. The van der Waals surface area contributed by atoms with Crippen LogP contribution < -0.4 is 0 Å². The fourth-order valence-electron chi connectivity index (χ4n) is 2.55. The molecule has 20 heavy (non-hydrogen) atoms. The van der Waals surface area contributed by atoms with E-state index < -0.39 is 5.97 Å². The highest BCUT2D eigenvalue weighted by Crippen LogP contribution is 2.23. The molecule has 0 aliphatic carbocycles. The zero-order chi connectivity index (χ0) is 14.7. The molecule has 2 atom stereocenters. The molecule has 5 nitrogen and oxygen atoms in total. The number of carboxylic acid groups (broad SMARTS) is 1. The minimum absolute atomic E-state index is 0.0386. The lowest BCUT2D eigenvalue weighted by molar-refractivity contribution is -0.142. The average Bonchev–Trinajstić information content (AvgIpc) is 2.98. The van der Waals surface area contributed by atoms with Crippen LogP contribution in [0.15, 0.2) is 17.5 Å². The molecule has 0 radical (unpaired) electrons. The molecule has 1 amide bonds. The van der Waals surface area contributed by atoms with Gasteiger partial charge in [0.15, 0.2) is 0 Å². The molecule has 110 valence electrons. The summed E-state index contributed by atoms with van der Waals surface area (Å²) in [5.74, 6) is -0.982. The first-order valence-electron chi connectivity index (χ1n) is 6.69. The van der Waals surface area contributed by atoms with E-state index >= 15 is 0 Å². The normalized spacial score (nSPS) is 22.9. The monoisotopic (exact) mass is 296 g/mol. The van der Waals surface area contributed by atoms with Crippen LogP contribution in [-0.4, -0.2) is 53.5 Å². The number of aliphatic carboxylic acids is 1. The highest BCUT2D eigenvalue weighted by atomic mass is 32.1. The van der Waals surface area contributed by atoms with Gasteiger partial charge in [-0.05, 0) is 17.4 Å². The molecule has 1 N–H and O–H groups in total. The second-order valence-corrected chi connectivity index (χ2v) is 6.48. The zero-order valence-electron chi connectivity index (χ0n) is 11.8. The Kier molecular flexibility index (Phi) is 4.77. The number of carbonyl (C=O) groups is 2. The van der Waals surface area contributed by atoms with Crippen LogP contribution in [0.3, 0.4) is 0 Å². The number of rotatable bonds is 5. The molecule has 0 bridgehead atoms. The van der Waals surface area contributed by atoms with Gasteiger partial charge in [0, 0.05) is 25.0 Å². The smallest absolute Gasteiger partial charge is 0.308 e. The number of hydrogen-bond acceptors (Lipinski definition) is 4. The third-order valence-electron chi connectivity index (χ3n) is 3.76. The molecule has 1 aromatic rings. The van der Waals surface area contributed by atoms with Gasteiger partial charge in [-0.3, -0.25) is 14.5 Å². The van der Waals surface area contributed by atoms with Crippen LogP contribution in [0.5, 0.6) is 0 Å². The number of hydrogen-bond donors (Lipinski definition) is 1. The van der Waals surface area contributed by atoms with E-state index in [1.807, 2.05) is 29.3 Å². The van der Waals surface area contributed by atoms with Gasteiger partial charge in [0.1, 0.15) is 0 Å². The molecule has 2 rings (SSSR count). The quantitative estimate of drug-likeness (QED) is 0.891. The van der Waals surface area contributed by atoms with Crippen molar-refractivity contribution in [2.45, 2.75) is 13.5 Å². The van der Waals surface area contributed by atoms with Crippen LogP contribution in [0.2, 0.25) is 0 Å². The molecule has 0 spiro atoms. The van der Waals surface area contributed by atoms with E-state index in [9.17, 15) is 9.59 Å². The number of likely N-dealkylation sites (tertiary alicyclic amines) is 1. The summed E-state index contributed by atoms with van der Waals surface area (Å²) >= 11 is 1.63. The van der Waals surface area contributed by atoms with Gasteiger partial charge in [0.2, 0.25) is 5.91 Å². The first-order chi connectivity index (χ1) is 9.47. The molecular formula is C14H20N2O3S. The van der Waals surface area contributed by atoms with Crippen molar-refractivity contribution in [3.8, 4) is 0 Å². The molecule has 1 saturated heterocycles. The maximum atomic E-state index is 12.1. The lowest BCUT2D eigenvalue weighted by atomic mass is 9.99. The lowest BCUT2D eigenvalue weighted by Crippen LogP contribution is -2.37. The molecule has 2 heterocycles. The fraction of sp³-hybridized carbons (Fsp3) is 0.571. The number of carbonyl (C=O) groups excluding carboxylic acids is 1. The van der Waals surface area contributed by atoms with Gasteiger partial charge in [0.25, 0.3) is 0 Å². The highest BCUT2D eigenvalue weighted by Gasteiger charge is 2.35. The second kappa shape index (κ2) is 6.37. The van der Waals surface area contributed by atoms with E-state index in [0.29, 0.717) is 26.2 Å². The van der Waals surface area contributed by atoms with Crippen LogP contribution in [0.4, 0.5) is 0 Å². The summed E-state index contributed by atoms with van der Waals surface area (Å²) in [7, 11) is 1.79. The molecule has 6 heteroatoms. The maximum Gasteiger partial charge on any atom is 0.308 e. The molecule has 1 aromatic heterocycles. The second-order valence-electron chi connectivity index (χ2n) is 5.45. The fourth-order valence-corrected chi connectivity index (χ4v) is 3.31. The number of amides is 1. The van der Waals surface area contributed by atoms with Gasteiger partial charge in [-0.25, -0.2) is 0 Å². The van der Waals surface area contributed by atoms with E-state index in [-0.39, 0.29) is 17.7 Å². The number of nitrogens with zero attached hydrogens (tertiary/aromatic N) is 2. The summed E-state index contributed by atoms with van der Waals surface area (Å²) < 4.78 is 0. The van der Waals surface area contributed by atoms with Crippen molar-refractivity contribution in [3.63, 3.8) is 0 Å². The standard InChI is InChI=1S/C14H20N2O3S/c1-10-6-16(8-12(10)14(18)19)9-13(17)15(2)7-11-4-3-5-20-11/h3-5,10,12H,6-9H2,1-2H3,(H,18,19). The van der Waals surface area contributed by atoms with Gasteiger partial charge in [-0.15, -0.1) is 11.3 Å². The third kappa shape index (κ3) is 3.58. The maximum absolute atomic E-state index is 12.1. The lowest BCUT2D eigenvalue weighted by Gasteiger charge is -2.21. The average molecular weight is 296 g/mol. The van der Waals surface area contributed by atoms with Gasteiger partial charge in [-0.1, -0.05) is 13.0 Å². The predicted octanol–water partition coefficient (Wildman–Crippen LogP) is 1.36. The Hall–Kier alpha value is -1.40. The molecule has 1 fully saturated rings. The summed E-state index contributed by atoms with van der Waals surface area (Å²) in [4.78, 5) is 28.0. The van der Waals surface area contributed by atoms with Crippen molar-refractivity contribution >= 4 is 23.2 Å². The van der Waals surface area contributed by atoms with Crippen LogP contribution >= 0.6 is 11.3 Å². The Labute approximate surface area is 122 Å². The summed E-state index contributed by atoms with van der Waals surface area (Å²) in [6.45, 7) is 3.99. The number of likely N-dealkylation sites (N-methyl/N-ethyl adjacent to an activating group) is 1. The molecule has 0 aromatic carbocycles. The summed E-state index contributed by atoms with van der Waals surface area (Å²) in [5.41, 5.74) is 0. The Morgan fingerprint density at radius 3 is 2.80 bits per heavy atom. The number of thiophene rings is 1. The van der Waals surface area contributed by atoms with Crippen LogP contribution in [0.1, 0.15) is 11.8 Å². The molecular weight excluding hydrogens is 276 g/mol. The van der Waals surface area contributed by atoms with Gasteiger partial charge in [0.05, 0.1) is 19.0 Å².